The molecule has 7 aromatic rings. The Kier molecular flexibility index (Phi) is 8.94. The molecule has 0 unspecified atom stereocenters. The lowest BCUT2D eigenvalue weighted by Gasteiger charge is -2.35. The Morgan fingerprint density at radius 3 is 1.82 bits per heavy atom. The number of aryl methyl sites for hydroxylation is 2. The SMILES string of the molecule is Cc1ccc(-c2ccc(C)c(-c3cccc4c3S[Si](C)(C)c3ccccc3OB4c3ccccc3)c2C)c(C)c1-c1cccc2c1Oc1ccccc1C2(C)C. The van der Waals surface area contributed by atoms with E-state index in [2.05, 4.69) is 205 Å². The van der Waals surface area contributed by atoms with Gasteiger partial charge >= 0.3 is 6.92 Å². The van der Waals surface area contributed by atoms with E-state index in [-0.39, 0.29) is 12.3 Å². The molecule has 9 rings (SSSR count). The van der Waals surface area contributed by atoms with Crippen molar-refractivity contribution in [3.8, 4) is 50.6 Å². The molecule has 0 saturated carbocycles. The van der Waals surface area contributed by atoms with E-state index in [1.165, 1.54) is 76.7 Å². The summed E-state index contributed by atoms with van der Waals surface area (Å²) in [6.45, 7) is 18.4. The highest BCUT2D eigenvalue weighted by Gasteiger charge is 2.39. The van der Waals surface area contributed by atoms with Crippen LogP contribution in [0.15, 0.2) is 144 Å². The molecule has 0 saturated heterocycles. The normalized spacial score (nSPS) is 14.9. The molecule has 0 spiro atoms. The number of para-hydroxylation sites is 3. The van der Waals surface area contributed by atoms with Gasteiger partial charge < -0.3 is 9.39 Å². The van der Waals surface area contributed by atoms with Gasteiger partial charge in [0.15, 0.2) is 7.22 Å². The van der Waals surface area contributed by atoms with E-state index >= 15 is 0 Å². The minimum atomic E-state index is -2.08. The Bertz CT molecular complexity index is 2680. The number of fused-ring (bicyclic) bond motifs is 4. The van der Waals surface area contributed by atoms with Crippen LogP contribution in [0.2, 0.25) is 13.1 Å². The molecule has 7 aromatic carbocycles. The van der Waals surface area contributed by atoms with Crippen LogP contribution >= 0.6 is 11.2 Å². The van der Waals surface area contributed by atoms with Crippen molar-refractivity contribution in [2.75, 3.05) is 0 Å². The standard InChI is InChI=1S/C51H47BO2SSi/c1-32-28-30-37(34(3)47(32)39-20-16-23-42-49(39)53-44-25-13-12-22-41(44)51(42,5)6)38-31-29-33(2)48(35(38)4)40-21-17-24-43-50(40)55-56(7,8)46-27-15-14-26-45(46)54-52(43)36-18-10-9-11-19-36/h9-31H,1-8H3. The Hall–Kier alpha value is -5.23. The number of hydrogen-bond donors (Lipinski definition) is 0. The van der Waals surface area contributed by atoms with Gasteiger partial charge in [0, 0.05) is 27.0 Å². The summed E-state index contributed by atoms with van der Waals surface area (Å²) in [7, 11) is -2.08. The van der Waals surface area contributed by atoms with Gasteiger partial charge in [-0.3, -0.25) is 0 Å². The van der Waals surface area contributed by atoms with Crippen molar-refractivity contribution < 1.29 is 9.39 Å². The van der Waals surface area contributed by atoms with Crippen molar-refractivity contribution in [1.82, 2.24) is 0 Å². The fraction of sp³-hybridized carbons (Fsp3) is 0.176. The molecule has 56 heavy (non-hydrogen) atoms. The van der Waals surface area contributed by atoms with Crippen LogP contribution in [0, 0.1) is 27.7 Å². The molecule has 0 fully saturated rings. The number of ether oxygens (including phenoxy) is 1. The van der Waals surface area contributed by atoms with Crippen LogP contribution in [0.5, 0.6) is 17.2 Å². The van der Waals surface area contributed by atoms with Crippen molar-refractivity contribution in [3.05, 3.63) is 173 Å². The number of rotatable bonds is 4. The Morgan fingerprint density at radius 2 is 1.11 bits per heavy atom. The molecular weight excluding hydrogens is 716 g/mol. The van der Waals surface area contributed by atoms with Gasteiger partial charge in [0.25, 0.3) is 0 Å². The minimum Gasteiger partial charge on any atom is -0.551 e. The highest BCUT2D eigenvalue weighted by atomic mass is 32.4. The molecule has 0 bridgehead atoms. The maximum absolute atomic E-state index is 7.09. The summed E-state index contributed by atoms with van der Waals surface area (Å²) in [6, 6.07) is 50.7. The second-order valence-corrected chi connectivity index (χ2v) is 24.4. The van der Waals surface area contributed by atoms with E-state index in [4.69, 9.17) is 9.39 Å². The summed E-state index contributed by atoms with van der Waals surface area (Å²) in [6.07, 6.45) is 0. The number of hydrogen-bond acceptors (Lipinski definition) is 3. The minimum absolute atomic E-state index is 0.184. The first-order valence-electron chi connectivity index (χ1n) is 19.7. The third kappa shape index (κ3) is 5.86. The first kappa shape index (κ1) is 36.4. The first-order valence-corrected chi connectivity index (χ1v) is 24.2. The fourth-order valence-corrected chi connectivity index (χ4v) is 14.8. The van der Waals surface area contributed by atoms with Gasteiger partial charge in [-0.2, -0.15) is 0 Å². The molecule has 2 heterocycles. The van der Waals surface area contributed by atoms with E-state index < -0.39 is 7.22 Å². The lowest BCUT2D eigenvalue weighted by Crippen LogP contribution is -2.53. The molecular formula is C51H47BO2SSi. The van der Waals surface area contributed by atoms with Gasteiger partial charge in [0.2, 0.25) is 0 Å². The molecule has 0 aromatic heterocycles. The average Bonchev–Trinajstić information content (AvgIpc) is 3.18. The zero-order valence-electron chi connectivity index (χ0n) is 33.6. The third-order valence-corrected chi connectivity index (χ3v) is 17.9. The van der Waals surface area contributed by atoms with Gasteiger partial charge in [0.05, 0.1) is 5.75 Å². The summed E-state index contributed by atoms with van der Waals surface area (Å²) in [5.74, 6) is 2.90. The van der Waals surface area contributed by atoms with Crippen LogP contribution in [0.3, 0.4) is 0 Å². The molecule has 2 aliphatic heterocycles. The molecule has 5 heteroatoms. The predicted molar refractivity (Wildman–Crippen MR) is 242 cm³/mol. The monoisotopic (exact) mass is 762 g/mol. The summed E-state index contributed by atoms with van der Waals surface area (Å²) in [5, 5.41) is 1.34. The van der Waals surface area contributed by atoms with Gasteiger partial charge in [0.1, 0.15) is 11.5 Å². The lowest BCUT2D eigenvalue weighted by molar-refractivity contribution is 0.419. The topological polar surface area (TPSA) is 18.5 Å². The summed E-state index contributed by atoms with van der Waals surface area (Å²) in [4.78, 5) is 1.33. The molecule has 0 amide bonds. The van der Waals surface area contributed by atoms with Crippen molar-refractivity contribution in [2.24, 2.45) is 0 Å². The molecule has 0 radical (unpaired) electrons. The quantitative estimate of drug-likeness (QED) is 0.166. The Labute approximate surface area is 337 Å². The van der Waals surface area contributed by atoms with Gasteiger partial charge in [-0.1, -0.05) is 154 Å². The molecule has 0 aliphatic carbocycles. The second-order valence-electron chi connectivity index (χ2n) is 16.5. The van der Waals surface area contributed by atoms with Gasteiger partial charge in [-0.15, -0.1) is 11.2 Å². The van der Waals surface area contributed by atoms with Crippen molar-refractivity contribution >= 4 is 41.5 Å². The molecule has 0 N–H and O–H groups in total. The van der Waals surface area contributed by atoms with Crippen molar-refractivity contribution in [3.63, 3.8) is 0 Å². The van der Waals surface area contributed by atoms with E-state index in [0.29, 0.717) is 0 Å². The van der Waals surface area contributed by atoms with Crippen LogP contribution in [-0.2, 0) is 5.41 Å². The summed E-state index contributed by atoms with van der Waals surface area (Å²) < 4.78 is 13.9. The smallest absolute Gasteiger partial charge is 0.427 e. The number of benzene rings is 7. The Balaban J connectivity index is 1.22. The molecule has 2 aliphatic rings. The highest BCUT2D eigenvalue weighted by Crippen LogP contribution is 2.52. The maximum atomic E-state index is 7.09. The summed E-state index contributed by atoms with van der Waals surface area (Å²) >= 11 is 2.09. The average molecular weight is 763 g/mol. The van der Waals surface area contributed by atoms with Crippen molar-refractivity contribution in [1.29, 1.82) is 0 Å². The first-order chi connectivity index (χ1) is 27.0. The van der Waals surface area contributed by atoms with E-state index in [1.54, 1.807) is 0 Å². The molecule has 276 valence electrons. The van der Waals surface area contributed by atoms with Crippen LogP contribution < -0.4 is 25.5 Å². The zero-order valence-corrected chi connectivity index (χ0v) is 35.4. The lowest BCUT2D eigenvalue weighted by atomic mass is 9.55. The predicted octanol–water partition coefficient (Wildman–Crippen LogP) is 12.1. The Morgan fingerprint density at radius 1 is 0.536 bits per heavy atom. The third-order valence-electron chi connectivity index (χ3n) is 12.2. The highest BCUT2D eigenvalue weighted by molar-refractivity contribution is 8.30. The van der Waals surface area contributed by atoms with Crippen molar-refractivity contribution in [2.45, 2.75) is 64.9 Å². The van der Waals surface area contributed by atoms with Gasteiger partial charge in [-0.05, 0) is 106 Å². The summed E-state index contributed by atoms with van der Waals surface area (Å²) in [5.41, 5.74) is 17.2. The second kappa shape index (κ2) is 13.8. The van der Waals surface area contributed by atoms with E-state index in [1.807, 2.05) is 0 Å². The van der Waals surface area contributed by atoms with Crippen LogP contribution in [0.25, 0.3) is 33.4 Å². The maximum Gasteiger partial charge on any atom is 0.427 e. The molecule has 2 nitrogen and oxygen atoms in total. The van der Waals surface area contributed by atoms with Gasteiger partial charge in [-0.25, -0.2) is 0 Å². The van der Waals surface area contributed by atoms with Crippen LogP contribution in [0.4, 0.5) is 0 Å². The van der Waals surface area contributed by atoms with Crippen LogP contribution in [0.1, 0.15) is 47.2 Å². The largest absolute Gasteiger partial charge is 0.551 e. The molecule has 0 atom stereocenters. The zero-order chi connectivity index (χ0) is 38.9. The van der Waals surface area contributed by atoms with E-state index in [9.17, 15) is 0 Å². The van der Waals surface area contributed by atoms with E-state index in [0.717, 1.165) is 28.3 Å². The van der Waals surface area contributed by atoms with Crippen LogP contribution in [-0.4, -0.2) is 14.1 Å². The fourth-order valence-electron chi connectivity index (χ4n) is 9.28.